The lowest BCUT2D eigenvalue weighted by atomic mass is 10.0. The Morgan fingerprint density at radius 1 is 0.905 bits per heavy atom. The predicted molar refractivity (Wildman–Crippen MR) is 169 cm³/mol. The molecular weight excluding hydrogens is 526 g/mol. The molecule has 42 heavy (non-hydrogen) atoms. The first-order chi connectivity index (χ1) is 20.5. The molecule has 6 heteroatoms. The number of aliphatic hydroxyl groups excluding tert-OH is 1. The highest BCUT2D eigenvalue weighted by molar-refractivity contribution is 5.92. The Kier molecular flexibility index (Phi) is 13.6. The van der Waals surface area contributed by atoms with E-state index in [2.05, 4.69) is 29.2 Å². The third kappa shape index (κ3) is 10.4. The van der Waals surface area contributed by atoms with Crippen LogP contribution >= 0.6 is 0 Å². The molecule has 0 unspecified atom stereocenters. The lowest BCUT2D eigenvalue weighted by Gasteiger charge is -2.26. The first-order valence-corrected chi connectivity index (χ1v) is 14.6. The maximum Gasteiger partial charge on any atom is 0.341 e. The predicted octanol–water partition coefficient (Wildman–Crippen LogP) is 7.19. The summed E-state index contributed by atoms with van der Waals surface area (Å²) in [6, 6.07) is 22.2. The zero-order valence-electron chi connectivity index (χ0n) is 24.9. The Bertz CT molecular complexity index is 1330. The molecule has 1 aliphatic carbocycles. The number of aromatic hydroxyl groups is 1. The van der Waals surface area contributed by atoms with E-state index in [1.54, 1.807) is 30.3 Å². The van der Waals surface area contributed by atoms with Gasteiger partial charge in [-0.3, -0.25) is 4.90 Å². The molecule has 0 saturated heterocycles. The second-order valence-corrected chi connectivity index (χ2v) is 9.85. The zero-order valence-corrected chi connectivity index (χ0v) is 24.9. The number of phenols is 1. The molecule has 0 aromatic heterocycles. The number of rotatable bonds is 13. The molecule has 222 valence electrons. The maximum atomic E-state index is 12.6. The number of esters is 1. The molecule has 3 aromatic carbocycles. The van der Waals surface area contributed by atoms with E-state index < -0.39 is 12.1 Å². The number of carbonyl (C=O) groups is 1. The third-order valence-corrected chi connectivity index (χ3v) is 6.93. The van der Waals surface area contributed by atoms with Gasteiger partial charge in [0.1, 0.15) is 23.7 Å². The Balaban J connectivity index is 0.00000237. The van der Waals surface area contributed by atoms with Gasteiger partial charge in [0.15, 0.2) is 0 Å². The monoisotopic (exact) mass is 569 g/mol. The lowest BCUT2D eigenvalue weighted by molar-refractivity contribution is 0.0594. The van der Waals surface area contributed by atoms with Crippen LogP contribution in [-0.4, -0.2) is 47.8 Å². The van der Waals surface area contributed by atoms with Crippen LogP contribution in [0.3, 0.4) is 0 Å². The van der Waals surface area contributed by atoms with Gasteiger partial charge in [-0.1, -0.05) is 98.3 Å². The molecule has 0 saturated carbocycles. The van der Waals surface area contributed by atoms with Crippen molar-refractivity contribution in [1.29, 1.82) is 0 Å². The van der Waals surface area contributed by atoms with Gasteiger partial charge >= 0.3 is 5.97 Å². The number of nitrogens with zero attached hydrogens (tertiary/aromatic N) is 1. The Morgan fingerprint density at radius 2 is 1.64 bits per heavy atom. The average molecular weight is 570 g/mol. The second kappa shape index (κ2) is 17.6. The van der Waals surface area contributed by atoms with E-state index in [9.17, 15) is 15.0 Å². The number of hydrogen-bond acceptors (Lipinski definition) is 6. The fraction of sp³-hybridized carbons (Fsp3) is 0.306. The smallest absolute Gasteiger partial charge is 0.341 e. The molecule has 0 heterocycles. The minimum atomic E-state index is -0.811. The van der Waals surface area contributed by atoms with E-state index >= 15 is 0 Å². The Morgan fingerprint density at radius 3 is 2.38 bits per heavy atom. The normalized spacial score (nSPS) is 13.0. The average Bonchev–Trinajstić information content (AvgIpc) is 3.32. The van der Waals surface area contributed by atoms with E-state index in [1.165, 1.54) is 12.7 Å². The summed E-state index contributed by atoms with van der Waals surface area (Å²) in [5.74, 6) is 0.148. The molecule has 1 atom stereocenters. The molecule has 4 rings (SSSR count). The summed E-state index contributed by atoms with van der Waals surface area (Å²) in [6.07, 6.45) is 12.2. The van der Waals surface area contributed by atoms with Crippen LogP contribution in [0.25, 0.3) is 0 Å². The lowest BCUT2D eigenvalue weighted by Crippen LogP contribution is -2.32. The number of methoxy groups -OCH3 is 1. The molecule has 6 nitrogen and oxygen atoms in total. The van der Waals surface area contributed by atoms with Gasteiger partial charge in [-0.15, -0.1) is 0 Å². The largest absolute Gasteiger partial charge is 0.508 e. The van der Waals surface area contributed by atoms with Crippen LogP contribution in [0.4, 0.5) is 0 Å². The van der Waals surface area contributed by atoms with Gasteiger partial charge in [-0.25, -0.2) is 4.79 Å². The molecule has 3 aromatic rings. The molecule has 0 amide bonds. The summed E-state index contributed by atoms with van der Waals surface area (Å²) < 4.78 is 11.0. The van der Waals surface area contributed by atoms with Crippen molar-refractivity contribution in [2.24, 2.45) is 0 Å². The molecule has 1 aliphatic rings. The molecule has 0 bridgehead atoms. The van der Waals surface area contributed by atoms with E-state index in [1.807, 2.05) is 62.4 Å². The van der Waals surface area contributed by atoms with Gasteiger partial charge in [0.25, 0.3) is 0 Å². The summed E-state index contributed by atoms with van der Waals surface area (Å²) in [5, 5.41) is 20.9. The summed E-state index contributed by atoms with van der Waals surface area (Å²) in [5.41, 5.74) is 4.35. The first kappa shape index (κ1) is 32.4. The quantitative estimate of drug-likeness (QED) is 0.212. The van der Waals surface area contributed by atoms with Crippen molar-refractivity contribution in [3.63, 3.8) is 0 Å². The highest BCUT2D eigenvalue weighted by atomic mass is 16.5. The molecule has 0 fully saturated rings. The number of carbonyl (C=O) groups excluding carboxylic acids is 1. The zero-order chi connectivity index (χ0) is 30.2. The SMILES string of the molecule is CC.COC(=O)c1cc([C@@H](O)CN(CCC2=CC=CC=CC2)CCc2ccc(O)cc2)ccc1OCc1ccccc1. The van der Waals surface area contributed by atoms with Crippen molar-refractivity contribution in [2.75, 3.05) is 26.7 Å². The first-order valence-electron chi connectivity index (χ1n) is 14.6. The van der Waals surface area contributed by atoms with Crippen molar-refractivity contribution < 1.29 is 24.5 Å². The van der Waals surface area contributed by atoms with E-state index in [-0.39, 0.29) is 11.3 Å². The number of aliphatic hydroxyl groups is 1. The second-order valence-electron chi connectivity index (χ2n) is 9.85. The Labute approximate surface area is 250 Å². The van der Waals surface area contributed by atoms with Gasteiger partial charge < -0.3 is 19.7 Å². The van der Waals surface area contributed by atoms with Crippen LogP contribution in [0, 0.1) is 0 Å². The van der Waals surface area contributed by atoms with Crippen LogP contribution in [0.15, 0.2) is 109 Å². The van der Waals surface area contributed by atoms with Gasteiger partial charge in [0.2, 0.25) is 0 Å². The van der Waals surface area contributed by atoms with Crippen LogP contribution in [0.2, 0.25) is 0 Å². The fourth-order valence-electron chi connectivity index (χ4n) is 4.59. The van der Waals surface area contributed by atoms with Gasteiger partial charge in [0, 0.05) is 19.6 Å². The van der Waals surface area contributed by atoms with Gasteiger partial charge in [-0.2, -0.15) is 0 Å². The summed E-state index contributed by atoms with van der Waals surface area (Å²) >= 11 is 0. The summed E-state index contributed by atoms with van der Waals surface area (Å²) in [4.78, 5) is 14.8. The Hall–Kier alpha value is -4.13. The van der Waals surface area contributed by atoms with Gasteiger partial charge in [0.05, 0.1) is 13.2 Å². The third-order valence-electron chi connectivity index (χ3n) is 6.93. The van der Waals surface area contributed by atoms with Crippen molar-refractivity contribution in [3.8, 4) is 11.5 Å². The number of phenolic OH excluding ortho intramolecular Hbond substituents is 1. The fourth-order valence-corrected chi connectivity index (χ4v) is 4.59. The standard InChI is InChI=1S/C34H37NO5.C2H6/c1-39-34(38)31-23-29(15-18-33(31)40-25-28-11-7-4-8-12-28)32(37)24-35(21-19-26-9-5-2-3-6-10-26)22-20-27-13-16-30(36)17-14-27;1-2/h2-9,11-18,23,32,36-37H,10,19-22,24-25H2,1H3;1-2H3/t32-;/m0./s1. The summed E-state index contributed by atoms with van der Waals surface area (Å²) in [6.45, 7) is 6.24. The topological polar surface area (TPSA) is 79.2 Å². The van der Waals surface area contributed by atoms with Crippen molar-refractivity contribution >= 4 is 5.97 Å². The number of allylic oxidation sites excluding steroid dienone is 5. The van der Waals surface area contributed by atoms with Crippen LogP contribution in [0.5, 0.6) is 11.5 Å². The van der Waals surface area contributed by atoms with Crippen LogP contribution in [0.1, 0.15) is 59.8 Å². The van der Waals surface area contributed by atoms with Gasteiger partial charge in [-0.05, 0) is 60.2 Å². The van der Waals surface area contributed by atoms with E-state index in [4.69, 9.17) is 9.47 Å². The number of hydrogen-bond donors (Lipinski definition) is 2. The van der Waals surface area contributed by atoms with Crippen LogP contribution < -0.4 is 4.74 Å². The highest BCUT2D eigenvalue weighted by Gasteiger charge is 2.20. The number of benzene rings is 3. The summed E-state index contributed by atoms with van der Waals surface area (Å²) in [7, 11) is 1.34. The minimum absolute atomic E-state index is 0.245. The highest BCUT2D eigenvalue weighted by Crippen LogP contribution is 2.26. The molecule has 0 spiro atoms. The van der Waals surface area contributed by atoms with Crippen molar-refractivity contribution in [3.05, 3.63) is 131 Å². The minimum Gasteiger partial charge on any atom is -0.508 e. The molecule has 0 radical (unpaired) electrons. The van der Waals surface area contributed by atoms with Crippen molar-refractivity contribution in [1.82, 2.24) is 4.90 Å². The maximum absolute atomic E-state index is 12.6. The molecular formula is C36H43NO5. The van der Waals surface area contributed by atoms with E-state index in [0.717, 1.165) is 43.5 Å². The number of ether oxygens (including phenoxy) is 2. The molecule has 2 N–H and O–H groups in total. The van der Waals surface area contributed by atoms with E-state index in [0.29, 0.717) is 24.5 Å². The van der Waals surface area contributed by atoms with Crippen molar-refractivity contribution in [2.45, 2.75) is 45.8 Å². The van der Waals surface area contributed by atoms with Crippen LogP contribution in [-0.2, 0) is 17.8 Å². The molecule has 0 aliphatic heterocycles.